The van der Waals surface area contributed by atoms with Gasteiger partial charge in [0.15, 0.2) is 5.69 Å². The van der Waals surface area contributed by atoms with Crippen molar-refractivity contribution in [3.63, 3.8) is 0 Å². The first-order valence-electron chi connectivity index (χ1n) is 12.9. The number of fused-ring (bicyclic) bond motifs is 4. The Kier molecular flexibility index (Phi) is 6.98. The number of H-pyrrole nitrogens is 1. The Hall–Kier alpha value is -3.36. The summed E-state index contributed by atoms with van der Waals surface area (Å²) in [6.07, 6.45) is 8.73. The van der Waals surface area contributed by atoms with Crippen molar-refractivity contribution in [2.75, 3.05) is 13.6 Å². The third kappa shape index (κ3) is 4.83. The van der Waals surface area contributed by atoms with Crippen LogP contribution < -0.4 is 11.1 Å². The van der Waals surface area contributed by atoms with Crippen LogP contribution in [0.15, 0.2) is 48.7 Å². The van der Waals surface area contributed by atoms with Gasteiger partial charge in [0.2, 0.25) is 0 Å². The standard InChI is InChI=1S/C18H24N4O.C10H12N2O/c1-21-13-6-5-7-14(21)11-12(10-13)19-18(23)17-15-8-3-4-9-16(15)22(2)20-17;11-4-3-7-6-12-10-2-1-8(13)5-9(7)10/h3-4,8-9,12-14H,5-7,10-11H2,1-2H3,(H,19,23);1-2,5-6,12-13H,3-4,11H2/t12?,13-,14+;. The Morgan fingerprint density at radius 2 is 1.89 bits per heavy atom. The molecule has 2 saturated heterocycles. The smallest absolute Gasteiger partial charge is 0.272 e. The van der Waals surface area contributed by atoms with Crippen molar-refractivity contribution < 1.29 is 9.90 Å². The van der Waals surface area contributed by atoms with Gasteiger partial charge in [-0.1, -0.05) is 24.6 Å². The normalized spacial score (nSPS) is 21.8. The second-order valence-corrected chi connectivity index (χ2v) is 10.1. The molecule has 3 atom stereocenters. The van der Waals surface area contributed by atoms with Gasteiger partial charge in [-0.25, -0.2) is 0 Å². The van der Waals surface area contributed by atoms with E-state index < -0.39 is 0 Å². The summed E-state index contributed by atoms with van der Waals surface area (Å²) in [5, 5.41) is 19.0. The number of aryl methyl sites for hydroxylation is 1. The van der Waals surface area contributed by atoms with Gasteiger partial charge in [-0.3, -0.25) is 9.48 Å². The fourth-order valence-electron chi connectivity index (χ4n) is 5.90. The number of phenols is 1. The van der Waals surface area contributed by atoms with Crippen LogP contribution >= 0.6 is 0 Å². The average molecular weight is 489 g/mol. The number of aromatic hydroxyl groups is 1. The molecule has 36 heavy (non-hydrogen) atoms. The lowest BCUT2D eigenvalue weighted by Gasteiger charge is -2.47. The topological polar surface area (TPSA) is 112 Å². The predicted octanol–water partition coefficient (Wildman–Crippen LogP) is 3.69. The fourth-order valence-corrected chi connectivity index (χ4v) is 5.90. The predicted molar refractivity (Wildman–Crippen MR) is 143 cm³/mol. The maximum atomic E-state index is 12.7. The van der Waals surface area contributed by atoms with Gasteiger partial charge in [-0.15, -0.1) is 0 Å². The quantitative estimate of drug-likeness (QED) is 0.350. The molecule has 190 valence electrons. The number of nitrogens with two attached hydrogens (primary N) is 1. The van der Waals surface area contributed by atoms with Crippen LogP contribution in [0.5, 0.6) is 5.75 Å². The summed E-state index contributed by atoms with van der Waals surface area (Å²) in [6.45, 7) is 0.628. The maximum Gasteiger partial charge on any atom is 0.272 e. The lowest BCUT2D eigenvalue weighted by Crippen LogP contribution is -2.55. The highest BCUT2D eigenvalue weighted by Crippen LogP contribution is 2.33. The SMILES string of the molecule is CN1[C@@H]2CCC[C@H]1CC(NC(=O)c1nn(C)c3ccccc13)C2.NCCc1c[nH]c2ccc(O)cc12. The second kappa shape index (κ2) is 10.3. The first-order valence-corrected chi connectivity index (χ1v) is 12.9. The van der Waals surface area contributed by atoms with Crippen molar-refractivity contribution in [3.8, 4) is 5.75 Å². The third-order valence-corrected chi connectivity index (χ3v) is 7.81. The molecule has 2 aliphatic heterocycles. The molecule has 8 nitrogen and oxygen atoms in total. The summed E-state index contributed by atoms with van der Waals surface area (Å²) in [6, 6.07) is 14.7. The van der Waals surface area contributed by atoms with Gasteiger partial charge in [0.05, 0.1) is 5.52 Å². The number of aromatic nitrogens is 3. The summed E-state index contributed by atoms with van der Waals surface area (Å²) in [4.78, 5) is 18.4. The molecule has 2 aromatic carbocycles. The van der Waals surface area contributed by atoms with Crippen molar-refractivity contribution in [1.82, 2.24) is 25.0 Å². The largest absolute Gasteiger partial charge is 0.508 e. The van der Waals surface area contributed by atoms with Crippen LogP contribution in [0.3, 0.4) is 0 Å². The molecule has 4 aromatic rings. The van der Waals surface area contributed by atoms with E-state index in [4.69, 9.17) is 5.73 Å². The lowest BCUT2D eigenvalue weighted by atomic mass is 9.82. The number of carbonyl (C=O) groups excluding carboxylic acids is 1. The number of benzene rings is 2. The highest BCUT2D eigenvalue weighted by Gasteiger charge is 2.36. The van der Waals surface area contributed by atoms with Gasteiger partial charge in [0.25, 0.3) is 5.91 Å². The molecular formula is C28H36N6O2. The molecule has 0 radical (unpaired) electrons. The number of amides is 1. The molecule has 2 fully saturated rings. The van der Waals surface area contributed by atoms with Gasteiger partial charge in [-0.2, -0.15) is 5.10 Å². The Morgan fingerprint density at radius 3 is 2.64 bits per heavy atom. The number of hydrogen-bond acceptors (Lipinski definition) is 5. The number of nitrogens with zero attached hydrogens (tertiary/aromatic N) is 3. The van der Waals surface area contributed by atoms with E-state index in [9.17, 15) is 9.90 Å². The molecule has 1 amide bonds. The van der Waals surface area contributed by atoms with Crippen LogP contribution in [0.2, 0.25) is 0 Å². The summed E-state index contributed by atoms with van der Waals surface area (Å²) in [5.41, 5.74) is 9.22. The second-order valence-electron chi connectivity index (χ2n) is 10.1. The number of nitrogens with one attached hydrogen (secondary N) is 2. The summed E-state index contributed by atoms with van der Waals surface area (Å²) in [5.74, 6) is 0.264. The number of hydrogen-bond donors (Lipinski definition) is 4. The van der Waals surface area contributed by atoms with Gasteiger partial charge in [-0.05, 0) is 75.5 Å². The van der Waals surface area contributed by atoms with E-state index in [2.05, 4.69) is 27.3 Å². The van der Waals surface area contributed by atoms with Crippen LogP contribution in [0.1, 0.15) is 48.2 Å². The van der Waals surface area contributed by atoms with Crippen LogP contribution in [0.25, 0.3) is 21.8 Å². The van der Waals surface area contributed by atoms with Gasteiger partial charge in [0.1, 0.15) is 5.75 Å². The van der Waals surface area contributed by atoms with Gasteiger partial charge in [0, 0.05) is 47.7 Å². The van der Waals surface area contributed by atoms with E-state index in [1.165, 1.54) is 19.3 Å². The molecule has 0 spiro atoms. The summed E-state index contributed by atoms with van der Waals surface area (Å²) >= 11 is 0. The first-order chi connectivity index (χ1) is 17.4. The first kappa shape index (κ1) is 24.3. The van der Waals surface area contributed by atoms with Crippen LogP contribution in [-0.2, 0) is 13.5 Å². The molecule has 5 N–H and O–H groups in total. The Labute approximate surface area is 211 Å². The Bertz CT molecular complexity index is 1340. The van der Waals surface area contributed by atoms with Crippen molar-refractivity contribution in [2.24, 2.45) is 12.8 Å². The Morgan fingerprint density at radius 1 is 1.14 bits per heavy atom. The molecule has 0 aliphatic carbocycles. The molecule has 6 rings (SSSR count). The zero-order valence-electron chi connectivity index (χ0n) is 21.1. The number of carbonyl (C=O) groups is 1. The number of rotatable bonds is 4. The van der Waals surface area contributed by atoms with E-state index in [0.29, 0.717) is 30.1 Å². The average Bonchev–Trinajstić information content (AvgIpc) is 3.41. The molecule has 2 aromatic heterocycles. The van der Waals surface area contributed by atoms with Crippen LogP contribution in [0, 0.1) is 0 Å². The Balaban J connectivity index is 0.000000174. The van der Waals surface area contributed by atoms with Crippen molar-refractivity contribution in [3.05, 3.63) is 59.9 Å². The van der Waals surface area contributed by atoms with Gasteiger partial charge < -0.3 is 26.0 Å². The maximum absolute atomic E-state index is 12.7. The third-order valence-electron chi connectivity index (χ3n) is 7.81. The van der Waals surface area contributed by atoms with E-state index in [1.807, 2.05) is 43.6 Å². The minimum Gasteiger partial charge on any atom is -0.508 e. The highest BCUT2D eigenvalue weighted by molar-refractivity contribution is 6.04. The van der Waals surface area contributed by atoms with Crippen molar-refractivity contribution in [1.29, 1.82) is 0 Å². The van der Waals surface area contributed by atoms with Crippen molar-refractivity contribution in [2.45, 2.75) is 56.7 Å². The minimum atomic E-state index is -0.0329. The number of para-hydroxylation sites is 1. The molecular weight excluding hydrogens is 452 g/mol. The highest BCUT2D eigenvalue weighted by atomic mass is 16.3. The molecule has 1 unspecified atom stereocenters. The van der Waals surface area contributed by atoms with E-state index in [-0.39, 0.29) is 11.9 Å². The zero-order valence-corrected chi connectivity index (χ0v) is 21.1. The summed E-state index contributed by atoms with van der Waals surface area (Å²) < 4.78 is 1.79. The summed E-state index contributed by atoms with van der Waals surface area (Å²) in [7, 11) is 4.12. The monoisotopic (exact) mass is 488 g/mol. The molecule has 0 saturated carbocycles. The molecule has 4 heterocycles. The fraction of sp³-hybridized carbons (Fsp3) is 0.429. The molecule has 8 heteroatoms. The molecule has 2 aliphatic rings. The number of piperidine rings is 2. The zero-order chi connectivity index (χ0) is 25.2. The molecule has 2 bridgehead atoms. The van der Waals surface area contributed by atoms with E-state index in [0.717, 1.165) is 46.6 Å². The van der Waals surface area contributed by atoms with E-state index in [1.54, 1.807) is 16.8 Å². The van der Waals surface area contributed by atoms with Crippen molar-refractivity contribution >= 4 is 27.7 Å². The van der Waals surface area contributed by atoms with Crippen LogP contribution in [0.4, 0.5) is 0 Å². The number of phenolic OH excluding ortho intramolecular Hbond substituents is 1. The van der Waals surface area contributed by atoms with Gasteiger partial charge >= 0.3 is 0 Å². The minimum absolute atomic E-state index is 0.0329. The van der Waals surface area contributed by atoms with Crippen LogP contribution in [-0.4, -0.2) is 62.4 Å². The van der Waals surface area contributed by atoms with E-state index >= 15 is 0 Å². The number of aromatic amines is 1. The lowest BCUT2D eigenvalue weighted by molar-refractivity contribution is 0.0462.